The molecule has 1 atom stereocenters. The molecule has 0 saturated heterocycles. The molecular formula is C10H17N3S. The molecule has 4 heteroatoms. The molecule has 14 heavy (non-hydrogen) atoms. The summed E-state index contributed by atoms with van der Waals surface area (Å²) in [5, 5.41) is 3.31. The van der Waals surface area contributed by atoms with Gasteiger partial charge in [-0.3, -0.25) is 4.98 Å². The summed E-state index contributed by atoms with van der Waals surface area (Å²) in [4.78, 5) is 8.40. The molecule has 0 aromatic carbocycles. The van der Waals surface area contributed by atoms with Gasteiger partial charge in [0.15, 0.2) is 0 Å². The van der Waals surface area contributed by atoms with Crippen LogP contribution in [0.1, 0.15) is 12.6 Å². The van der Waals surface area contributed by atoms with Gasteiger partial charge in [0.25, 0.3) is 0 Å². The second-order valence-electron chi connectivity index (χ2n) is 3.43. The lowest BCUT2D eigenvalue weighted by molar-refractivity contribution is 0.698. The van der Waals surface area contributed by atoms with Crippen molar-refractivity contribution >= 4 is 17.6 Å². The van der Waals surface area contributed by atoms with Gasteiger partial charge in [0.05, 0.1) is 5.69 Å². The Hall–Kier alpha value is -0.770. The number of nitrogens with one attached hydrogen (secondary N) is 1. The molecule has 1 rings (SSSR count). The van der Waals surface area contributed by atoms with Crippen molar-refractivity contribution in [3.63, 3.8) is 0 Å². The van der Waals surface area contributed by atoms with E-state index in [1.165, 1.54) is 5.75 Å². The van der Waals surface area contributed by atoms with Crippen LogP contribution in [-0.2, 0) is 0 Å². The Balaban J connectivity index is 2.41. The highest BCUT2D eigenvalue weighted by Crippen LogP contribution is 2.09. The molecule has 0 aliphatic rings. The molecule has 1 aromatic rings. The molecule has 78 valence electrons. The number of hydrogen-bond acceptors (Lipinski definition) is 4. The number of nitrogens with zero attached hydrogens (tertiary/aromatic N) is 2. The Labute approximate surface area is 89.7 Å². The average molecular weight is 211 g/mol. The van der Waals surface area contributed by atoms with E-state index in [9.17, 15) is 0 Å². The number of hydrogen-bond donors (Lipinski definition) is 1. The van der Waals surface area contributed by atoms with Gasteiger partial charge in [-0.05, 0) is 24.9 Å². The molecule has 0 aliphatic carbocycles. The summed E-state index contributed by atoms with van der Waals surface area (Å²) in [6.07, 6.45) is 5.56. The maximum absolute atomic E-state index is 4.23. The third kappa shape index (κ3) is 3.54. The molecule has 0 amide bonds. The zero-order chi connectivity index (χ0) is 10.4. The third-order valence-corrected chi connectivity index (χ3v) is 2.85. The SMILES string of the molecule is CSCC(C)CNc1nccnc1C. The van der Waals surface area contributed by atoms with Gasteiger partial charge < -0.3 is 5.32 Å². The first-order valence-electron chi connectivity index (χ1n) is 4.74. The van der Waals surface area contributed by atoms with Crippen molar-refractivity contribution < 1.29 is 0 Å². The molecule has 3 nitrogen and oxygen atoms in total. The van der Waals surface area contributed by atoms with Crippen molar-refractivity contribution in [1.29, 1.82) is 0 Å². The highest BCUT2D eigenvalue weighted by atomic mass is 32.2. The number of anilines is 1. The van der Waals surface area contributed by atoms with E-state index in [0.29, 0.717) is 5.92 Å². The summed E-state index contributed by atoms with van der Waals surface area (Å²) in [6.45, 7) is 5.16. The largest absolute Gasteiger partial charge is 0.368 e. The molecule has 1 heterocycles. The monoisotopic (exact) mass is 211 g/mol. The van der Waals surface area contributed by atoms with Crippen LogP contribution in [0, 0.1) is 12.8 Å². The molecule has 1 N–H and O–H groups in total. The summed E-state index contributed by atoms with van der Waals surface area (Å²) in [5.74, 6) is 2.73. The zero-order valence-electron chi connectivity index (χ0n) is 8.95. The van der Waals surface area contributed by atoms with Crippen LogP contribution in [0.5, 0.6) is 0 Å². The van der Waals surface area contributed by atoms with Crippen LogP contribution < -0.4 is 5.32 Å². The maximum Gasteiger partial charge on any atom is 0.147 e. The summed E-state index contributed by atoms with van der Waals surface area (Å²) in [7, 11) is 0. The van der Waals surface area contributed by atoms with Gasteiger partial charge in [0.1, 0.15) is 5.82 Å². The Kier molecular flexibility index (Phi) is 4.73. The Morgan fingerprint density at radius 1 is 1.43 bits per heavy atom. The van der Waals surface area contributed by atoms with Gasteiger partial charge in [-0.25, -0.2) is 4.98 Å². The van der Waals surface area contributed by atoms with E-state index in [2.05, 4.69) is 28.5 Å². The van der Waals surface area contributed by atoms with Crippen LogP contribution in [0.4, 0.5) is 5.82 Å². The van der Waals surface area contributed by atoms with Gasteiger partial charge in [-0.2, -0.15) is 11.8 Å². The molecule has 1 aromatic heterocycles. The highest BCUT2D eigenvalue weighted by molar-refractivity contribution is 7.98. The molecule has 0 saturated carbocycles. The van der Waals surface area contributed by atoms with Crippen LogP contribution in [0.3, 0.4) is 0 Å². The molecule has 1 unspecified atom stereocenters. The molecule has 0 fully saturated rings. The first-order valence-corrected chi connectivity index (χ1v) is 6.14. The van der Waals surface area contributed by atoms with Crippen LogP contribution in [-0.4, -0.2) is 28.5 Å². The third-order valence-electron chi connectivity index (χ3n) is 1.95. The van der Waals surface area contributed by atoms with Crippen molar-refractivity contribution in [2.24, 2.45) is 5.92 Å². The van der Waals surface area contributed by atoms with Crippen molar-refractivity contribution in [1.82, 2.24) is 9.97 Å². The lowest BCUT2D eigenvalue weighted by atomic mass is 10.2. The minimum Gasteiger partial charge on any atom is -0.368 e. The minimum atomic E-state index is 0.659. The van der Waals surface area contributed by atoms with Crippen molar-refractivity contribution in [3.05, 3.63) is 18.1 Å². The van der Waals surface area contributed by atoms with E-state index in [1.807, 2.05) is 18.7 Å². The van der Waals surface area contributed by atoms with Gasteiger partial charge in [-0.15, -0.1) is 0 Å². The van der Waals surface area contributed by atoms with Gasteiger partial charge >= 0.3 is 0 Å². The zero-order valence-corrected chi connectivity index (χ0v) is 9.77. The Morgan fingerprint density at radius 2 is 2.14 bits per heavy atom. The topological polar surface area (TPSA) is 37.8 Å². The van der Waals surface area contributed by atoms with Crippen molar-refractivity contribution in [2.75, 3.05) is 23.9 Å². The second kappa shape index (κ2) is 5.86. The summed E-state index contributed by atoms with van der Waals surface area (Å²) >= 11 is 1.87. The minimum absolute atomic E-state index is 0.659. The fraction of sp³-hybridized carbons (Fsp3) is 0.600. The summed E-state index contributed by atoms with van der Waals surface area (Å²) in [5.41, 5.74) is 0.962. The number of aromatic nitrogens is 2. The van der Waals surface area contributed by atoms with Crippen LogP contribution >= 0.6 is 11.8 Å². The van der Waals surface area contributed by atoms with Gasteiger partial charge in [0.2, 0.25) is 0 Å². The van der Waals surface area contributed by atoms with Crippen LogP contribution in [0.2, 0.25) is 0 Å². The first kappa shape index (κ1) is 11.3. The summed E-state index contributed by atoms with van der Waals surface area (Å²) < 4.78 is 0. The average Bonchev–Trinajstić information content (AvgIpc) is 2.17. The molecule has 0 radical (unpaired) electrons. The Bertz CT molecular complexity index is 278. The van der Waals surface area contributed by atoms with Crippen LogP contribution in [0.25, 0.3) is 0 Å². The molecule has 0 spiro atoms. The van der Waals surface area contributed by atoms with E-state index >= 15 is 0 Å². The fourth-order valence-corrected chi connectivity index (χ4v) is 1.88. The lowest BCUT2D eigenvalue weighted by Crippen LogP contribution is -2.14. The molecular weight excluding hydrogens is 194 g/mol. The highest BCUT2D eigenvalue weighted by Gasteiger charge is 2.03. The van der Waals surface area contributed by atoms with Crippen LogP contribution in [0.15, 0.2) is 12.4 Å². The van der Waals surface area contributed by atoms with Crippen molar-refractivity contribution in [3.8, 4) is 0 Å². The number of thioether (sulfide) groups is 1. The van der Waals surface area contributed by atoms with E-state index in [-0.39, 0.29) is 0 Å². The smallest absolute Gasteiger partial charge is 0.147 e. The number of rotatable bonds is 5. The summed E-state index contributed by atoms with van der Waals surface area (Å²) in [6, 6.07) is 0. The Morgan fingerprint density at radius 3 is 2.79 bits per heavy atom. The molecule has 0 aliphatic heterocycles. The van der Waals surface area contributed by atoms with E-state index in [4.69, 9.17) is 0 Å². The van der Waals surface area contributed by atoms with Gasteiger partial charge in [-0.1, -0.05) is 6.92 Å². The van der Waals surface area contributed by atoms with Crippen molar-refractivity contribution in [2.45, 2.75) is 13.8 Å². The quantitative estimate of drug-likeness (QED) is 0.810. The second-order valence-corrected chi connectivity index (χ2v) is 4.34. The van der Waals surface area contributed by atoms with E-state index in [0.717, 1.165) is 18.1 Å². The maximum atomic E-state index is 4.23. The van der Waals surface area contributed by atoms with Gasteiger partial charge in [0, 0.05) is 18.9 Å². The standard InChI is InChI=1S/C10H17N3S/c1-8(7-14-3)6-13-10-9(2)11-4-5-12-10/h4-5,8H,6-7H2,1-3H3,(H,12,13). The predicted octanol–water partition coefficient (Wildman–Crippen LogP) is 2.20. The number of aryl methyl sites for hydroxylation is 1. The lowest BCUT2D eigenvalue weighted by Gasteiger charge is -2.12. The predicted molar refractivity (Wildman–Crippen MR) is 62.8 cm³/mol. The molecule has 0 bridgehead atoms. The van der Waals surface area contributed by atoms with E-state index < -0.39 is 0 Å². The first-order chi connectivity index (χ1) is 6.74. The van der Waals surface area contributed by atoms with E-state index in [1.54, 1.807) is 12.4 Å². The normalized spacial score (nSPS) is 12.5. The fourth-order valence-electron chi connectivity index (χ4n) is 1.20.